The Kier molecular flexibility index (Phi) is 2.92. The largest absolute Gasteiger partial charge is 0.280 e. The van der Waals surface area contributed by atoms with Crippen LogP contribution in [0.4, 0.5) is 4.39 Å². The Morgan fingerprint density at radius 1 is 1.25 bits per heavy atom. The van der Waals surface area contributed by atoms with Crippen LogP contribution in [0.1, 0.15) is 5.69 Å². The van der Waals surface area contributed by atoms with Gasteiger partial charge in [0.25, 0.3) is 5.56 Å². The Labute approximate surface area is 100 Å². The highest BCUT2D eigenvalue weighted by Gasteiger charge is 2.07. The number of hydrogen-bond acceptors (Lipinski definition) is 1. The first-order valence-electron chi connectivity index (χ1n) is 4.73. The van der Waals surface area contributed by atoms with Crippen molar-refractivity contribution in [2.24, 2.45) is 0 Å². The molecule has 1 heterocycles. The predicted octanol–water partition coefficient (Wildman–Crippen LogP) is 3.05. The van der Waals surface area contributed by atoms with Crippen molar-refractivity contribution in [1.29, 1.82) is 0 Å². The number of aromatic nitrogens is 1. The summed E-state index contributed by atoms with van der Waals surface area (Å²) in [6, 6.07) is 9.26. The van der Waals surface area contributed by atoms with Crippen molar-refractivity contribution in [2.75, 3.05) is 0 Å². The summed E-state index contributed by atoms with van der Waals surface area (Å²) in [4.78, 5) is 11.7. The van der Waals surface area contributed by atoms with E-state index in [9.17, 15) is 9.18 Å². The quantitative estimate of drug-likeness (QED) is 0.788. The van der Waals surface area contributed by atoms with E-state index in [4.69, 9.17) is 0 Å². The highest BCUT2D eigenvalue weighted by atomic mass is 79.9. The van der Waals surface area contributed by atoms with Crippen molar-refractivity contribution in [1.82, 2.24) is 4.57 Å². The molecule has 0 unspecified atom stereocenters. The van der Waals surface area contributed by atoms with E-state index in [1.165, 1.54) is 22.8 Å². The molecule has 2 nitrogen and oxygen atoms in total. The van der Waals surface area contributed by atoms with E-state index in [1.54, 1.807) is 12.1 Å². The number of rotatable bonds is 1. The first kappa shape index (κ1) is 11.1. The molecular formula is C12H9BrFNO. The minimum absolute atomic E-state index is 0.132. The van der Waals surface area contributed by atoms with Gasteiger partial charge in [-0.15, -0.1) is 0 Å². The molecule has 0 atom stereocenters. The van der Waals surface area contributed by atoms with Crippen molar-refractivity contribution in [3.05, 3.63) is 62.7 Å². The lowest BCUT2D eigenvalue weighted by molar-refractivity contribution is 0.626. The zero-order valence-corrected chi connectivity index (χ0v) is 10.2. The zero-order chi connectivity index (χ0) is 11.7. The third-order valence-corrected chi connectivity index (χ3v) is 2.94. The Morgan fingerprint density at radius 3 is 2.62 bits per heavy atom. The molecular weight excluding hydrogens is 273 g/mol. The minimum Gasteiger partial charge on any atom is -0.280 e. The molecule has 1 aromatic heterocycles. The van der Waals surface area contributed by atoms with Crippen LogP contribution in [0.3, 0.4) is 0 Å². The molecule has 0 saturated heterocycles. The summed E-state index contributed by atoms with van der Waals surface area (Å²) in [7, 11) is 0. The molecule has 1 aromatic carbocycles. The van der Waals surface area contributed by atoms with Crippen LogP contribution in [-0.4, -0.2) is 4.57 Å². The Balaban J connectivity index is 2.73. The second kappa shape index (κ2) is 4.22. The molecule has 4 heteroatoms. The van der Waals surface area contributed by atoms with Crippen LogP contribution >= 0.6 is 15.9 Å². The van der Waals surface area contributed by atoms with Crippen molar-refractivity contribution in [3.63, 3.8) is 0 Å². The van der Waals surface area contributed by atoms with E-state index in [2.05, 4.69) is 15.9 Å². The number of hydrogen-bond donors (Lipinski definition) is 0. The summed E-state index contributed by atoms with van der Waals surface area (Å²) in [6.07, 6.45) is 0. The molecule has 0 aliphatic rings. The molecule has 0 aliphatic heterocycles. The topological polar surface area (TPSA) is 22.0 Å². The van der Waals surface area contributed by atoms with Gasteiger partial charge in [0.2, 0.25) is 0 Å². The van der Waals surface area contributed by atoms with Gasteiger partial charge < -0.3 is 0 Å². The van der Waals surface area contributed by atoms with Crippen LogP contribution in [0.5, 0.6) is 0 Å². The summed E-state index contributed by atoms with van der Waals surface area (Å²) in [6.45, 7) is 1.83. The van der Waals surface area contributed by atoms with Crippen LogP contribution < -0.4 is 5.56 Å². The van der Waals surface area contributed by atoms with Crippen LogP contribution in [0, 0.1) is 12.7 Å². The lowest BCUT2D eigenvalue weighted by Gasteiger charge is -2.11. The van der Waals surface area contributed by atoms with E-state index in [1.807, 2.05) is 13.0 Å². The van der Waals surface area contributed by atoms with Gasteiger partial charge in [0.15, 0.2) is 0 Å². The Morgan fingerprint density at radius 2 is 2.00 bits per heavy atom. The summed E-state index contributed by atoms with van der Waals surface area (Å²) < 4.78 is 15.0. The van der Waals surface area contributed by atoms with Gasteiger partial charge in [-0.2, -0.15) is 0 Å². The van der Waals surface area contributed by atoms with Gasteiger partial charge in [-0.1, -0.05) is 6.07 Å². The van der Waals surface area contributed by atoms with Gasteiger partial charge >= 0.3 is 0 Å². The first-order chi connectivity index (χ1) is 7.59. The standard InChI is InChI=1S/C12H9BrFNO/c1-8-3-2-4-12(16)15(8)11-6-5-9(14)7-10(11)13/h2-7H,1H3. The van der Waals surface area contributed by atoms with Crippen LogP contribution in [0.2, 0.25) is 0 Å². The third kappa shape index (κ3) is 1.93. The maximum absolute atomic E-state index is 12.9. The molecule has 2 aromatic rings. The first-order valence-corrected chi connectivity index (χ1v) is 5.53. The second-order valence-corrected chi connectivity index (χ2v) is 4.29. The summed E-state index contributed by atoms with van der Waals surface area (Å²) >= 11 is 3.25. The van der Waals surface area contributed by atoms with Gasteiger partial charge in [-0.3, -0.25) is 9.36 Å². The zero-order valence-electron chi connectivity index (χ0n) is 8.58. The van der Waals surface area contributed by atoms with E-state index < -0.39 is 0 Å². The average Bonchev–Trinajstić information content (AvgIpc) is 2.20. The van der Waals surface area contributed by atoms with Crippen LogP contribution in [-0.2, 0) is 0 Å². The lowest BCUT2D eigenvalue weighted by Crippen LogP contribution is -2.19. The van der Waals surface area contributed by atoms with Crippen molar-refractivity contribution in [2.45, 2.75) is 6.92 Å². The van der Waals surface area contributed by atoms with Crippen molar-refractivity contribution >= 4 is 15.9 Å². The second-order valence-electron chi connectivity index (χ2n) is 3.44. The summed E-state index contributed by atoms with van der Waals surface area (Å²) in [5.41, 5.74) is 1.32. The molecule has 0 saturated carbocycles. The van der Waals surface area contributed by atoms with Gasteiger partial charge in [-0.25, -0.2) is 4.39 Å². The van der Waals surface area contributed by atoms with Crippen molar-refractivity contribution < 1.29 is 4.39 Å². The summed E-state index contributed by atoms with van der Waals surface area (Å²) in [5.74, 6) is -0.336. The normalized spacial score (nSPS) is 10.4. The van der Waals surface area contributed by atoms with Gasteiger partial charge in [-0.05, 0) is 47.1 Å². The fourth-order valence-corrected chi connectivity index (χ4v) is 2.09. The van der Waals surface area contributed by atoms with Gasteiger partial charge in [0.05, 0.1) is 5.69 Å². The van der Waals surface area contributed by atoms with Gasteiger partial charge in [0.1, 0.15) is 5.82 Å². The number of benzene rings is 1. The molecule has 0 radical (unpaired) electrons. The van der Waals surface area contributed by atoms with E-state index in [0.717, 1.165) is 5.69 Å². The molecule has 0 N–H and O–H groups in total. The summed E-state index contributed by atoms with van der Waals surface area (Å²) in [5, 5.41) is 0. The molecule has 16 heavy (non-hydrogen) atoms. The van der Waals surface area contributed by atoms with E-state index in [0.29, 0.717) is 10.2 Å². The predicted molar refractivity (Wildman–Crippen MR) is 64.4 cm³/mol. The number of pyridine rings is 1. The molecule has 0 amide bonds. The Bertz CT molecular complexity index is 592. The van der Waals surface area contributed by atoms with E-state index >= 15 is 0 Å². The monoisotopic (exact) mass is 281 g/mol. The van der Waals surface area contributed by atoms with Gasteiger partial charge in [0, 0.05) is 16.2 Å². The fraction of sp³-hybridized carbons (Fsp3) is 0.0833. The molecule has 0 bridgehead atoms. The van der Waals surface area contributed by atoms with Crippen LogP contribution in [0.25, 0.3) is 5.69 Å². The third-order valence-electron chi connectivity index (χ3n) is 2.30. The molecule has 0 aliphatic carbocycles. The molecule has 0 spiro atoms. The fourth-order valence-electron chi connectivity index (χ4n) is 1.56. The highest BCUT2D eigenvalue weighted by molar-refractivity contribution is 9.10. The molecule has 2 rings (SSSR count). The van der Waals surface area contributed by atoms with E-state index in [-0.39, 0.29) is 11.4 Å². The number of halogens is 2. The molecule has 0 fully saturated rings. The minimum atomic E-state index is -0.336. The Hall–Kier alpha value is -1.42. The maximum Gasteiger partial charge on any atom is 0.255 e. The average molecular weight is 282 g/mol. The number of aryl methyl sites for hydroxylation is 1. The van der Waals surface area contributed by atoms with Crippen molar-refractivity contribution in [3.8, 4) is 5.69 Å². The highest BCUT2D eigenvalue weighted by Crippen LogP contribution is 2.21. The maximum atomic E-state index is 12.9. The molecule has 82 valence electrons. The van der Waals surface area contributed by atoms with Crippen LogP contribution in [0.15, 0.2) is 45.7 Å². The SMILES string of the molecule is Cc1cccc(=O)n1-c1ccc(F)cc1Br. The smallest absolute Gasteiger partial charge is 0.255 e. The lowest BCUT2D eigenvalue weighted by atomic mass is 10.2. The number of nitrogens with zero attached hydrogens (tertiary/aromatic N) is 1.